The number of hydrogen-bond acceptors (Lipinski definition) is 3. The first-order valence-electron chi connectivity index (χ1n) is 7.05. The lowest BCUT2D eigenvalue weighted by Gasteiger charge is -2.26. The van der Waals surface area contributed by atoms with Crippen LogP contribution in [0.2, 0.25) is 0 Å². The molecule has 0 aliphatic heterocycles. The Morgan fingerprint density at radius 1 is 1.15 bits per heavy atom. The van der Waals surface area contributed by atoms with Crippen molar-refractivity contribution < 1.29 is 14.3 Å². The lowest BCUT2D eigenvalue weighted by Crippen LogP contribution is -2.20. The Bertz CT molecular complexity index is 439. The molecule has 0 unspecified atom stereocenters. The number of ether oxygens (including phenoxy) is 2. The van der Waals surface area contributed by atoms with Crippen molar-refractivity contribution in [3.8, 4) is 11.5 Å². The third kappa shape index (κ3) is 4.26. The molecule has 20 heavy (non-hydrogen) atoms. The van der Waals surface area contributed by atoms with Crippen LogP contribution in [0.1, 0.15) is 50.9 Å². The van der Waals surface area contributed by atoms with Crippen LogP contribution in [0.25, 0.3) is 0 Å². The van der Waals surface area contributed by atoms with Gasteiger partial charge in [0.15, 0.2) is 5.78 Å². The summed E-state index contributed by atoms with van der Waals surface area (Å²) >= 11 is 0. The summed E-state index contributed by atoms with van der Waals surface area (Å²) in [6.07, 6.45) is 1.50. The van der Waals surface area contributed by atoms with E-state index in [1.807, 2.05) is 6.07 Å². The Kier molecular flexibility index (Phi) is 5.61. The summed E-state index contributed by atoms with van der Waals surface area (Å²) in [5, 5.41) is 0. The van der Waals surface area contributed by atoms with Gasteiger partial charge in [0.25, 0.3) is 0 Å². The van der Waals surface area contributed by atoms with E-state index in [2.05, 4.69) is 27.7 Å². The second kappa shape index (κ2) is 6.78. The van der Waals surface area contributed by atoms with E-state index in [4.69, 9.17) is 9.47 Å². The van der Waals surface area contributed by atoms with Crippen LogP contribution in [0.15, 0.2) is 18.2 Å². The van der Waals surface area contributed by atoms with Gasteiger partial charge in [-0.05, 0) is 29.9 Å². The van der Waals surface area contributed by atoms with Crippen molar-refractivity contribution in [3.63, 3.8) is 0 Å². The molecule has 0 heterocycles. The van der Waals surface area contributed by atoms with Crippen LogP contribution in [0.4, 0.5) is 0 Å². The molecule has 0 aliphatic carbocycles. The van der Waals surface area contributed by atoms with Crippen molar-refractivity contribution in [1.82, 2.24) is 0 Å². The van der Waals surface area contributed by atoms with Gasteiger partial charge in [-0.15, -0.1) is 0 Å². The van der Waals surface area contributed by atoms with Crippen molar-refractivity contribution in [2.24, 2.45) is 11.3 Å². The minimum atomic E-state index is -0.0306. The van der Waals surface area contributed by atoms with Gasteiger partial charge in [-0.1, -0.05) is 33.8 Å². The number of hydrogen-bond donors (Lipinski definition) is 0. The van der Waals surface area contributed by atoms with Gasteiger partial charge in [-0.2, -0.15) is 0 Å². The van der Waals surface area contributed by atoms with Crippen molar-refractivity contribution in [2.75, 3.05) is 14.2 Å². The number of benzene rings is 1. The largest absolute Gasteiger partial charge is 0.496 e. The fourth-order valence-electron chi connectivity index (χ4n) is 2.83. The fourth-order valence-corrected chi connectivity index (χ4v) is 2.83. The minimum Gasteiger partial charge on any atom is -0.496 e. The van der Waals surface area contributed by atoms with Gasteiger partial charge in [0.05, 0.1) is 14.2 Å². The smallest absolute Gasteiger partial charge is 0.170 e. The standard InChI is InChI=1S/C17H26O3/c1-12(2)10-17(3,4)11-13(18)16-14(19-5)8-7-9-15(16)20-6/h7-9,12H,10-11H2,1-6H3. The van der Waals surface area contributed by atoms with E-state index in [0.29, 0.717) is 29.4 Å². The molecule has 0 N–H and O–H groups in total. The van der Waals surface area contributed by atoms with E-state index in [1.165, 1.54) is 0 Å². The zero-order chi connectivity index (χ0) is 15.3. The van der Waals surface area contributed by atoms with Crippen LogP contribution >= 0.6 is 0 Å². The van der Waals surface area contributed by atoms with Gasteiger partial charge < -0.3 is 9.47 Å². The van der Waals surface area contributed by atoms with Gasteiger partial charge in [0.1, 0.15) is 17.1 Å². The lowest BCUT2D eigenvalue weighted by atomic mass is 9.78. The number of rotatable bonds is 7. The molecular weight excluding hydrogens is 252 g/mol. The maximum atomic E-state index is 12.6. The first kappa shape index (κ1) is 16.5. The Morgan fingerprint density at radius 2 is 1.65 bits per heavy atom. The summed E-state index contributed by atoms with van der Waals surface area (Å²) in [6, 6.07) is 5.42. The fraction of sp³-hybridized carbons (Fsp3) is 0.588. The molecule has 0 bridgehead atoms. The number of carbonyl (C=O) groups is 1. The third-order valence-electron chi connectivity index (χ3n) is 3.31. The molecule has 112 valence electrons. The molecule has 3 nitrogen and oxygen atoms in total. The Balaban J connectivity index is 3.03. The van der Waals surface area contributed by atoms with Gasteiger partial charge in [-0.3, -0.25) is 4.79 Å². The average Bonchev–Trinajstić information content (AvgIpc) is 2.35. The average molecular weight is 278 g/mol. The monoisotopic (exact) mass is 278 g/mol. The maximum Gasteiger partial charge on any atom is 0.170 e. The summed E-state index contributed by atoms with van der Waals surface area (Å²) in [5.74, 6) is 1.80. The van der Waals surface area contributed by atoms with Gasteiger partial charge in [0.2, 0.25) is 0 Å². The third-order valence-corrected chi connectivity index (χ3v) is 3.31. The van der Waals surface area contributed by atoms with Gasteiger partial charge >= 0.3 is 0 Å². The van der Waals surface area contributed by atoms with Crippen LogP contribution in [-0.2, 0) is 0 Å². The zero-order valence-corrected chi connectivity index (χ0v) is 13.4. The SMILES string of the molecule is COc1cccc(OC)c1C(=O)CC(C)(C)CC(C)C. The van der Waals surface area contributed by atoms with E-state index in [9.17, 15) is 4.79 Å². The lowest BCUT2D eigenvalue weighted by molar-refractivity contribution is 0.0911. The predicted octanol–water partition coefficient (Wildman–Crippen LogP) is 4.35. The van der Waals surface area contributed by atoms with E-state index in [0.717, 1.165) is 6.42 Å². The second-order valence-corrected chi connectivity index (χ2v) is 6.40. The van der Waals surface area contributed by atoms with Crippen LogP contribution in [0.3, 0.4) is 0 Å². The molecule has 0 aliphatic rings. The highest BCUT2D eigenvalue weighted by atomic mass is 16.5. The van der Waals surface area contributed by atoms with Crippen molar-refractivity contribution in [3.05, 3.63) is 23.8 Å². The van der Waals surface area contributed by atoms with Crippen LogP contribution in [0, 0.1) is 11.3 Å². The van der Waals surface area contributed by atoms with Crippen molar-refractivity contribution in [1.29, 1.82) is 0 Å². The first-order valence-corrected chi connectivity index (χ1v) is 7.05. The highest BCUT2D eigenvalue weighted by molar-refractivity contribution is 6.01. The van der Waals surface area contributed by atoms with Crippen LogP contribution in [0.5, 0.6) is 11.5 Å². The molecule has 0 atom stereocenters. The molecule has 0 amide bonds. The molecule has 1 aromatic carbocycles. The molecule has 0 saturated carbocycles. The van der Waals surface area contributed by atoms with Gasteiger partial charge in [-0.25, -0.2) is 0 Å². The van der Waals surface area contributed by atoms with E-state index in [-0.39, 0.29) is 11.2 Å². The van der Waals surface area contributed by atoms with E-state index in [1.54, 1.807) is 26.4 Å². The number of carbonyl (C=O) groups excluding carboxylic acids is 1. The van der Waals surface area contributed by atoms with E-state index < -0.39 is 0 Å². The van der Waals surface area contributed by atoms with Crippen LogP contribution in [-0.4, -0.2) is 20.0 Å². The molecule has 0 radical (unpaired) electrons. The first-order chi connectivity index (χ1) is 9.30. The Hall–Kier alpha value is -1.51. The molecule has 0 aromatic heterocycles. The summed E-state index contributed by atoms with van der Waals surface area (Å²) in [4.78, 5) is 12.6. The highest BCUT2D eigenvalue weighted by Gasteiger charge is 2.27. The van der Waals surface area contributed by atoms with Crippen molar-refractivity contribution in [2.45, 2.75) is 40.5 Å². The highest BCUT2D eigenvalue weighted by Crippen LogP contribution is 2.35. The Labute approximate surface area is 122 Å². The molecule has 1 rings (SSSR count). The quantitative estimate of drug-likeness (QED) is 0.696. The van der Waals surface area contributed by atoms with Gasteiger partial charge in [0, 0.05) is 6.42 Å². The summed E-state index contributed by atoms with van der Waals surface area (Å²) < 4.78 is 10.6. The minimum absolute atomic E-state index is 0.0306. The molecule has 3 heteroatoms. The maximum absolute atomic E-state index is 12.6. The van der Waals surface area contributed by atoms with Crippen molar-refractivity contribution >= 4 is 5.78 Å². The Morgan fingerprint density at radius 3 is 2.05 bits per heavy atom. The molecule has 0 saturated heterocycles. The molecular formula is C17H26O3. The molecule has 0 spiro atoms. The van der Waals surface area contributed by atoms with E-state index >= 15 is 0 Å². The summed E-state index contributed by atoms with van der Waals surface area (Å²) in [7, 11) is 3.15. The predicted molar refractivity (Wildman–Crippen MR) is 81.7 cm³/mol. The number of ketones is 1. The number of methoxy groups -OCH3 is 2. The molecule has 1 aromatic rings. The summed E-state index contributed by atoms with van der Waals surface area (Å²) in [6.45, 7) is 8.62. The zero-order valence-electron chi connectivity index (χ0n) is 13.4. The topological polar surface area (TPSA) is 35.5 Å². The van der Waals surface area contributed by atoms with Crippen LogP contribution < -0.4 is 9.47 Å². The normalized spacial score (nSPS) is 11.6. The second-order valence-electron chi connectivity index (χ2n) is 6.40. The molecule has 0 fully saturated rings. The number of Topliss-reactive ketones (excluding diaryl/α,β-unsaturated/α-hetero) is 1. The summed E-state index contributed by atoms with van der Waals surface area (Å²) in [5.41, 5.74) is 0.520.